The number of pyridine rings is 1. The van der Waals surface area contributed by atoms with Crippen LogP contribution in [0.4, 0.5) is 0 Å². The molecule has 1 aromatic heterocycles. The number of aromatic carboxylic acids is 1. The Kier molecular flexibility index (Phi) is 3.66. The largest absolute Gasteiger partial charge is 0.478 e. The molecule has 0 radical (unpaired) electrons. The van der Waals surface area contributed by atoms with Gasteiger partial charge in [-0.2, -0.15) is 0 Å². The molecule has 1 heterocycles. The Morgan fingerprint density at radius 2 is 2.30 bits per heavy atom. The predicted molar refractivity (Wildman–Crippen MR) is 31.2 cm³/mol. The summed E-state index contributed by atoms with van der Waals surface area (Å²) in [7, 11) is 0. The maximum Gasteiger partial charge on any atom is 0.337 e. The molecule has 1 N–H and O–H groups in total. The first-order chi connectivity index (χ1) is 4.30. The zero-order valence-corrected chi connectivity index (χ0v) is 5.92. The van der Waals surface area contributed by atoms with Crippen molar-refractivity contribution in [2.75, 3.05) is 0 Å². The second-order valence-corrected chi connectivity index (χ2v) is 1.55. The van der Waals surface area contributed by atoms with Crippen LogP contribution >= 0.6 is 0 Å². The van der Waals surface area contributed by atoms with Gasteiger partial charge in [-0.25, -0.2) is 4.79 Å². The maximum absolute atomic E-state index is 10.2. The van der Waals surface area contributed by atoms with E-state index in [0.29, 0.717) is 0 Å². The molecule has 0 aromatic carbocycles. The summed E-state index contributed by atoms with van der Waals surface area (Å²) in [6.45, 7) is 0. The molecule has 0 aliphatic rings. The quantitative estimate of drug-likeness (QED) is 0.652. The Labute approximate surface area is 68.0 Å². The topological polar surface area (TPSA) is 50.2 Å². The van der Waals surface area contributed by atoms with Crippen molar-refractivity contribution in [2.24, 2.45) is 0 Å². The number of nitrogens with zero attached hydrogens (tertiary/aromatic N) is 1. The van der Waals surface area contributed by atoms with E-state index in [9.17, 15) is 4.79 Å². The smallest absolute Gasteiger partial charge is 0.337 e. The number of hydrogen-bond acceptors (Lipinski definition) is 2. The van der Waals surface area contributed by atoms with Crippen molar-refractivity contribution >= 4 is 5.97 Å². The molecule has 10 heavy (non-hydrogen) atoms. The molecule has 0 amide bonds. The van der Waals surface area contributed by atoms with Gasteiger partial charge in [-0.05, 0) is 12.1 Å². The van der Waals surface area contributed by atoms with Gasteiger partial charge in [0.2, 0.25) is 0 Å². The number of carboxylic acid groups (broad SMARTS) is 1. The van der Waals surface area contributed by atoms with E-state index < -0.39 is 5.97 Å². The van der Waals surface area contributed by atoms with Crippen LogP contribution in [0.2, 0.25) is 0 Å². The SMILES string of the molecule is O=C(O)c1cccnc1.[Ni]. The summed E-state index contributed by atoms with van der Waals surface area (Å²) in [6.07, 6.45) is 2.84. The normalized spacial score (nSPS) is 8.00. The first-order valence-corrected chi connectivity index (χ1v) is 2.44. The number of carboxylic acids is 1. The summed E-state index contributed by atoms with van der Waals surface area (Å²) >= 11 is 0. The summed E-state index contributed by atoms with van der Waals surface area (Å²) < 4.78 is 0. The Bertz CT molecular complexity index is 212. The molecule has 0 atom stereocenters. The predicted octanol–water partition coefficient (Wildman–Crippen LogP) is 0.777. The number of aromatic nitrogens is 1. The van der Waals surface area contributed by atoms with E-state index in [4.69, 9.17) is 5.11 Å². The first kappa shape index (κ1) is 9.11. The number of hydrogen-bond donors (Lipinski definition) is 1. The molecule has 0 saturated carbocycles. The van der Waals surface area contributed by atoms with Crippen LogP contribution < -0.4 is 0 Å². The molecule has 0 spiro atoms. The van der Waals surface area contributed by atoms with Gasteiger partial charge >= 0.3 is 5.97 Å². The van der Waals surface area contributed by atoms with Crippen LogP contribution in [-0.2, 0) is 16.5 Å². The van der Waals surface area contributed by atoms with Gasteiger partial charge in [0.25, 0.3) is 0 Å². The van der Waals surface area contributed by atoms with Crippen LogP contribution in [-0.4, -0.2) is 16.1 Å². The van der Waals surface area contributed by atoms with Gasteiger partial charge in [0.15, 0.2) is 0 Å². The van der Waals surface area contributed by atoms with Gasteiger partial charge in [0.1, 0.15) is 0 Å². The first-order valence-electron chi connectivity index (χ1n) is 2.44. The third kappa shape index (κ3) is 2.15. The van der Waals surface area contributed by atoms with Crippen molar-refractivity contribution < 1.29 is 26.4 Å². The molecular formula is C6H5NNiO2. The summed E-state index contributed by atoms with van der Waals surface area (Å²) in [6, 6.07) is 3.08. The fraction of sp³-hybridized carbons (Fsp3) is 0. The zero-order valence-electron chi connectivity index (χ0n) is 4.93. The average Bonchev–Trinajstić information content (AvgIpc) is 1.90. The van der Waals surface area contributed by atoms with E-state index >= 15 is 0 Å². The van der Waals surface area contributed by atoms with Crippen molar-refractivity contribution in [2.45, 2.75) is 0 Å². The molecule has 0 bridgehead atoms. The van der Waals surface area contributed by atoms with E-state index in [1.54, 1.807) is 6.07 Å². The van der Waals surface area contributed by atoms with E-state index in [2.05, 4.69) is 4.98 Å². The van der Waals surface area contributed by atoms with Crippen molar-refractivity contribution in [3.8, 4) is 0 Å². The molecule has 4 heteroatoms. The molecule has 0 fully saturated rings. The van der Waals surface area contributed by atoms with Crippen LogP contribution in [0.5, 0.6) is 0 Å². The van der Waals surface area contributed by atoms with Crippen LogP contribution in [0, 0.1) is 0 Å². The third-order valence-electron chi connectivity index (χ3n) is 0.908. The Hall–Kier alpha value is -0.886. The van der Waals surface area contributed by atoms with Gasteiger partial charge in [-0.3, -0.25) is 4.98 Å². The number of rotatable bonds is 1. The fourth-order valence-corrected chi connectivity index (χ4v) is 0.489. The van der Waals surface area contributed by atoms with Crippen LogP contribution in [0.25, 0.3) is 0 Å². The van der Waals surface area contributed by atoms with Crippen molar-refractivity contribution in [1.29, 1.82) is 0 Å². The summed E-state index contributed by atoms with van der Waals surface area (Å²) in [5, 5.41) is 8.34. The minimum Gasteiger partial charge on any atom is -0.478 e. The standard InChI is InChI=1S/C6H5NO2.Ni/c8-6(9)5-2-1-3-7-4-5;/h1-4H,(H,8,9);. The second-order valence-electron chi connectivity index (χ2n) is 1.55. The van der Waals surface area contributed by atoms with Crippen LogP contribution in [0.1, 0.15) is 10.4 Å². The summed E-state index contributed by atoms with van der Waals surface area (Å²) in [4.78, 5) is 13.8. The van der Waals surface area contributed by atoms with E-state index in [1.807, 2.05) is 0 Å². The van der Waals surface area contributed by atoms with Crippen molar-refractivity contribution in [3.63, 3.8) is 0 Å². The minimum absolute atomic E-state index is 0. The van der Waals surface area contributed by atoms with Gasteiger partial charge in [-0.1, -0.05) is 0 Å². The summed E-state index contributed by atoms with van der Waals surface area (Å²) in [5.74, 6) is -0.942. The molecule has 1 rings (SSSR count). The molecule has 1 aromatic rings. The van der Waals surface area contributed by atoms with Gasteiger partial charge in [0.05, 0.1) is 5.56 Å². The maximum atomic E-state index is 10.2. The monoisotopic (exact) mass is 181 g/mol. The number of carbonyl (C=O) groups is 1. The second kappa shape index (κ2) is 4.01. The Morgan fingerprint density at radius 1 is 1.60 bits per heavy atom. The summed E-state index contributed by atoms with van der Waals surface area (Å²) in [5.41, 5.74) is 0.220. The van der Waals surface area contributed by atoms with Gasteiger partial charge < -0.3 is 5.11 Å². The Balaban J connectivity index is 0.000000810. The van der Waals surface area contributed by atoms with Crippen LogP contribution in [0.3, 0.4) is 0 Å². The van der Waals surface area contributed by atoms with Crippen molar-refractivity contribution in [3.05, 3.63) is 30.1 Å². The third-order valence-corrected chi connectivity index (χ3v) is 0.908. The van der Waals surface area contributed by atoms with Crippen molar-refractivity contribution in [1.82, 2.24) is 4.98 Å². The van der Waals surface area contributed by atoms with Crippen LogP contribution in [0.15, 0.2) is 24.5 Å². The molecule has 0 aliphatic heterocycles. The molecular weight excluding hydrogens is 177 g/mol. The van der Waals surface area contributed by atoms with E-state index in [-0.39, 0.29) is 22.1 Å². The van der Waals surface area contributed by atoms with E-state index in [1.165, 1.54) is 18.5 Å². The fourth-order valence-electron chi connectivity index (χ4n) is 0.489. The van der Waals surface area contributed by atoms with Gasteiger partial charge in [-0.15, -0.1) is 0 Å². The molecule has 0 unspecified atom stereocenters. The molecule has 0 aliphatic carbocycles. The molecule has 0 saturated heterocycles. The van der Waals surface area contributed by atoms with Gasteiger partial charge in [0, 0.05) is 28.9 Å². The van der Waals surface area contributed by atoms with E-state index in [0.717, 1.165) is 0 Å². The average molecular weight is 182 g/mol. The Morgan fingerprint density at radius 3 is 2.60 bits per heavy atom. The molecule has 3 nitrogen and oxygen atoms in total. The molecule has 56 valence electrons. The minimum atomic E-state index is -0.942. The zero-order chi connectivity index (χ0) is 6.69.